The van der Waals surface area contributed by atoms with Gasteiger partial charge in [0.05, 0.1) is 5.60 Å². The van der Waals surface area contributed by atoms with E-state index in [1.165, 1.54) is 0 Å². The summed E-state index contributed by atoms with van der Waals surface area (Å²) in [6.45, 7) is 13.3. The monoisotopic (exact) mass is 386 g/mol. The second-order valence-electron chi connectivity index (χ2n) is 4.84. The van der Waals surface area contributed by atoms with Crippen molar-refractivity contribution >= 4 is 29.9 Å². The van der Waals surface area contributed by atoms with Gasteiger partial charge < -0.3 is 20.3 Å². The van der Waals surface area contributed by atoms with Crippen LogP contribution in [0.1, 0.15) is 27.7 Å². The maximum atomic E-state index is 5.36. The first kappa shape index (κ1) is 21.2. The zero-order chi connectivity index (χ0) is 14.0. The minimum Gasteiger partial charge on any atom is -0.377 e. The van der Waals surface area contributed by atoms with Crippen LogP contribution in [-0.2, 0) is 4.74 Å². The zero-order valence-corrected chi connectivity index (χ0v) is 15.6. The second kappa shape index (κ2) is 11.7. The van der Waals surface area contributed by atoms with E-state index >= 15 is 0 Å². The standard InChI is InChI=1S/C13H30N4O.HI/c1-7-17(8-2)10-9-15-12(14-5)16-11-13(3,4)18-6;/h7-11H2,1-6H3,(H2,14,15,16);1H. The SMILES string of the molecule is CCN(CC)CCNC(=NC)NCC(C)(C)OC.I. The van der Waals surface area contributed by atoms with Crippen molar-refractivity contribution in [2.24, 2.45) is 4.99 Å². The number of hydrogen-bond donors (Lipinski definition) is 2. The van der Waals surface area contributed by atoms with Crippen molar-refractivity contribution in [3.63, 3.8) is 0 Å². The summed E-state index contributed by atoms with van der Waals surface area (Å²) in [5.74, 6) is 0.826. The van der Waals surface area contributed by atoms with Crippen LogP contribution in [0.5, 0.6) is 0 Å². The number of ether oxygens (including phenoxy) is 1. The summed E-state index contributed by atoms with van der Waals surface area (Å²) in [5, 5.41) is 6.57. The Morgan fingerprint density at radius 1 is 1.21 bits per heavy atom. The fourth-order valence-corrected chi connectivity index (χ4v) is 1.46. The summed E-state index contributed by atoms with van der Waals surface area (Å²) >= 11 is 0. The van der Waals surface area contributed by atoms with Gasteiger partial charge in [-0.15, -0.1) is 24.0 Å². The number of methoxy groups -OCH3 is 1. The molecule has 0 aliphatic rings. The molecule has 0 amide bonds. The number of guanidine groups is 1. The Labute approximate surface area is 135 Å². The highest BCUT2D eigenvalue weighted by atomic mass is 127. The van der Waals surface area contributed by atoms with E-state index in [9.17, 15) is 0 Å². The van der Waals surface area contributed by atoms with Gasteiger partial charge in [-0.2, -0.15) is 0 Å². The van der Waals surface area contributed by atoms with Crippen LogP contribution in [0.15, 0.2) is 4.99 Å². The summed E-state index contributed by atoms with van der Waals surface area (Å²) in [4.78, 5) is 6.57. The van der Waals surface area contributed by atoms with Crippen LogP contribution in [0.4, 0.5) is 0 Å². The quantitative estimate of drug-likeness (QED) is 0.378. The molecule has 0 fully saturated rings. The third kappa shape index (κ3) is 10.4. The number of hydrogen-bond acceptors (Lipinski definition) is 3. The zero-order valence-electron chi connectivity index (χ0n) is 13.2. The molecule has 6 heteroatoms. The molecule has 0 saturated heterocycles. The molecule has 116 valence electrons. The topological polar surface area (TPSA) is 48.9 Å². The van der Waals surface area contributed by atoms with E-state index in [4.69, 9.17) is 4.74 Å². The molecule has 2 N–H and O–H groups in total. The summed E-state index contributed by atoms with van der Waals surface area (Å²) in [6.07, 6.45) is 0. The van der Waals surface area contributed by atoms with Crippen LogP contribution < -0.4 is 10.6 Å². The first-order valence-electron chi connectivity index (χ1n) is 6.71. The molecule has 5 nitrogen and oxygen atoms in total. The molecule has 0 radical (unpaired) electrons. The van der Waals surface area contributed by atoms with Gasteiger partial charge in [0, 0.05) is 33.8 Å². The van der Waals surface area contributed by atoms with Crippen molar-refractivity contribution in [2.75, 3.05) is 46.9 Å². The number of rotatable bonds is 8. The Morgan fingerprint density at radius 2 is 1.79 bits per heavy atom. The van der Waals surface area contributed by atoms with E-state index in [2.05, 4.69) is 34.4 Å². The fourth-order valence-electron chi connectivity index (χ4n) is 1.46. The highest BCUT2D eigenvalue weighted by molar-refractivity contribution is 14.0. The maximum absolute atomic E-state index is 5.36. The number of halogens is 1. The Bertz CT molecular complexity index is 243. The van der Waals surface area contributed by atoms with Crippen LogP contribution >= 0.6 is 24.0 Å². The molecule has 0 aromatic rings. The van der Waals surface area contributed by atoms with Gasteiger partial charge in [-0.05, 0) is 26.9 Å². The Morgan fingerprint density at radius 3 is 2.21 bits per heavy atom. The Kier molecular flexibility index (Phi) is 13.1. The average Bonchev–Trinajstić information content (AvgIpc) is 2.38. The summed E-state index contributed by atoms with van der Waals surface area (Å²) < 4.78 is 5.36. The van der Waals surface area contributed by atoms with E-state index in [0.29, 0.717) is 0 Å². The lowest BCUT2D eigenvalue weighted by molar-refractivity contribution is 0.0268. The van der Waals surface area contributed by atoms with Gasteiger partial charge in [0.25, 0.3) is 0 Å². The lowest BCUT2D eigenvalue weighted by Gasteiger charge is -2.25. The molecule has 19 heavy (non-hydrogen) atoms. The van der Waals surface area contributed by atoms with Gasteiger partial charge in [0.15, 0.2) is 5.96 Å². The highest BCUT2D eigenvalue weighted by Gasteiger charge is 2.16. The van der Waals surface area contributed by atoms with E-state index in [-0.39, 0.29) is 29.6 Å². The molecule has 0 aromatic heterocycles. The Balaban J connectivity index is 0. The predicted octanol–water partition coefficient (Wildman–Crippen LogP) is 1.54. The van der Waals surface area contributed by atoms with Crippen LogP contribution in [0.2, 0.25) is 0 Å². The number of nitrogens with zero attached hydrogens (tertiary/aromatic N) is 2. The van der Waals surface area contributed by atoms with Gasteiger partial charge >= 0.3 is 0 Å². The molecule has 0 spiro atoms. The normalized spacial score (nSPS) is 12.3. The van der Waals surface area contributed by atoms with Crippen molar-refractivity contribution in [1.29, 1.82) is 0 Å². The van der Waals surface area contributed by atoms with Crippen molar-refractivity contribution < 1.29 is 4.74 Å². The van der Waals surface area contributed by atoms with Gasteiger partial charge in [-0.25, -0.2) is 0 Å². The molecule has 0 unspecified atom stereocenters. The molecule has 0 aromatic carbocycles. The third-order valence-corrected chi connectivity index (χ3v) is 3.07. The summed E-state index contributed by atoms with van der Waals surface area (Å²) in [6, 6.07) is 0. The molecule has 0 saturated carbocycles. The summed E-state index contributed by atoms with van der Waals surface area (Å²) in [5.41, 5.74) is -0.184. The number of nitrogens with one attached hydrogen (secondary N) is 2. The minimum atomic E-state index is -0.184. The Hall–Kier alpha value is -0.0800. The smallest absolute Gasteiger partial charge is 0.191 e. The lowest BCUT2D eigenvalue weighted by atomic mass is 10.1. The number of likely N-dealkylation sites (N-methyl/N-ethyl adjacent to an activating group) is 1. The predicted molar refractivity (Wildman–Crippen MR) is 93.7 cm³/mol. The van der Waals surface area contributed by atoms with Crippen molar-refractivity contribution in [3.8, 4) is 0 Å². The van der Waals surface area contributed by atoms with Gasteiger partial charge in [-0.1, -0.05) is 13.8 Å². The largest absolute Gasteiger partial charge is 0.377 e. The van der Waals surface area contributed by atoms with Crippen LogP contribution in [0, 0.1) is 0 Å². The molecule has 0 aliphatic heterocycles. The van der Waals surface area contributed by atoms with E-state index in [0.717, 1.165) is 38.7 Å². The maximum Gasteiger partial charge on any atom is 0.191 e. The molecular weight excluding hydrogens is 355 g/mol. The van der Waals surface area contributed by atoms with Gasteiger partial charge in [-0.3, -0.25) is 4.99 Å². The average molecular weight is 386 g/mol. The van der Waals surface area contributed by atoms with E-state index < -0.39 is 0 Å². The van der Waals surface area contributed by atoms with Crippen LogP contribution in [0.3, 0.4) is 0 Å². The van der Waals surface area contributed by atoms with Crippen molar-refractivity contribution in [3.05, 3.63) is 0 Å². The molecule has 0 rings (SSSR count). The molecule has 0 atom stereocenters. The van der Waals surface area contributed by atoms with E-state index in [1.807, 2.05) is 13.8 Å². The van der Waals surface area contributed by atoms with Crippen molar-refractivity contribution in [2.45, 2.75) is 33.3 Å². The third-order valence-electron chi connectivity index (χ3n) is 3.07. The summed E-state index contributed by atoms with van der Waals surface area (Å²) in [7, 11) is 3.50. The first-order valence-corrected chi connectivity index (χ1v) is 6.71. The lowest BCUT2D eigenvalue weighted by Crippen LogP contribution is -2.46. The molecule has 0 bridgehead atoms. The van der Waals surface area contributed by atoms with Crippen LogP contribution in [-0.4, -0.2) is 63.3 Å². The minimum absolute atomic E-state index is 0. The van der Waals surface area contributed by atoms with Crippen molar-refractivity contribution in [1.82, 2.24) is 15.5 Å². The van der Waals surface area contributed by atoms with Gasteiger partial charge in [0.2, 0.25) is 0 Å². The second-order valence-corrected chi connectivity index (χ2v) is 4.84. The number of aliphatic imine (C=N–C) groups is 1. The highest BCUT2D eigenvalue weighted by Crippen LogP contribution is 2.04. The van der Waals surface area contributed by atoms with Gasteiger partial charge in [0.1, 0.15) is 0 Å². The fraction of sp³-hybridized carbons (Fsp3) is 0.923. The molecular formula is C13H31IN4O. The first-order chi connectivity index (χ1) is 8.49. The van der Waals surface area contributed by atoms with Crippen LogP contribution in [0.25, 0.3) is 0 Å². The van der Waals surface area contributed by atoms with E-state index in [1.54, 1.807) is 14.2 Å². The molecule has 0 heterocycles. The molecule has 0 aliphatic carbocycles.